The predicted molar refractivity (Wildman–Crippen MR) is 95.1 cm³/mol. The number of nitrogens with zero attached hydrogens (tertiary/aromatic N) is 2. The van der Waals surface area contributed by atoms with Crippen molar-refractivity contribution in [2.45, 2.75) is 38.6 Å². The van der Waals surface area contributed by atoms with Crippen LogP contribution in [0.3, 0.4) is 0 Å². The highest BCUT2D eigenvalue weighted by atomic mass is 16.5. The Balaban J connectivity index is 1.82. The quantitative estimate of drug-likeness (QED) is 0.902. The minimum atomic E-state index is -0.189. The molecule has 0 saturated carbocycles. The summed E-state index contributed by atoms with van der Waals surface area (Å²) >= 11 is 0. The van der Waals surface area contributed by atoms with E-state index in [-0.39, 0.29) is 11.5 Å². The minimum Gasteiger partial charge on any atom is -0.496 e. The molecular formula is C19H23N3O3. The Labute approximate surface area is 146 Å². The molecule has 0 aromatic carbocycles. The van der Waals surface area contributed by atoms with Crippen LogP contribution in [0, 0.1) is 0 Å². The second-order valence-corrected chi connectivity index (χ2v) is 6.20. The second kappa shape index (κ2) is 7.96. The van der Waals surface area contributed by atoms with Gasteiger partial charge in [0.05, 0.1) is 7.11 Å². The summed E-state index contributed by atoms with van der Waals surface area (Å²) in [6, 6.07) is 5.28. The highest BCUT2D eigenvalue weighted by Crippen LogP contribution is 2.24. The van der Waals surface area contributed by atoms with E-state index < -0.39 is 0 Å². The maximum Gasteiger partial charge on any atom is 0.256 e. The van der Waals surface area contributed by atoms with Crippen LogP contribution in [-0.4, -0.2) is 29.1 Å². The maximum atomic E-state index is 12.8. The van der Waals surface area contributed by atoms with E-state index in [2.05, 4.69) is 10.3 Å². The van der Waals surface area contributed by atoms with Crippen LogP contribution < -0.4 is 15.6 Å². The van der Waals surface area contributed by atoms with Gasteiger partial charge in [-0.1, -0.05) is 12.5 Å². The molecular weight excluding hydrogens is 318 g/mol. The van der Waals surface area contributed by atoms with Gasteiger partial charge in [-0.2, -0.15) is 0 Å². The molecule has 132 valence electrons. The molecule has 6 heteroatoms. The fourth-order valence-corrected chi connectivity index (χ4v) is 3.28. The van der Waals surface area contributed by atoms with E-state index in [0.717, 1.165) is 36.9 Å². The number of rotatable bonds is 5. The molecule has 2 aromatic heterocycles. The van der Waals surface area contributed by atoms with Crippen molar-refractivity contribution < 1.29 is 9.53 Å². The summed E-state index contributed by atoms with van der Waals surface area (Å²) in [7, 11) is 1.49. The number of fused-ring (bicyclic) bond motifs is 1. The van der Waals surface area contributed by atoms with E-state index in [1.165, 1.54) is 13.2 Å². The predicted octanol–water partition coefficient (Wildman–Crippen LogP) is 1.95. The first kappa shape index (κ1) is 17.2. The molecule has 1 N–H and O–H groups in total. The molecule has 2 aromatic rings. The Kier molecular flexibility index (Phi) is 5.48. The van der Waals surface area contributed by atoms with Crippen molar-refractivity contribution in [2.75, 3.05) is 13.7 Å². The lowest BCUT2D eigenvalue weighted by molar-refractivity contribution is 0.0949. The molecule has 0 unspecified atom stereocenters. The van der Waals surface area contributed by atoms with Crippen LogP contribution in [0.4, 0.5) is 0 Å². The average Bonchev–Trinajstić information content (AvgIpc) is 2.88. The number of hydrogen-bond donors (Lipinski definition) is 1. The maximum absolute atomic E-state index is 12.8. The summed E-state index contributed by atoms with van der Waals surface area (Å²) in [6.07, 6.45) is 7.94. The number of carbonyl (C=O) groups is 1. The normalized spacial score (nSPS) is 13.6. The van der Waals surface area contributed by atoms with Crippen LogP contribution in [0.2, 0.25) is 0 Å². The molecule has 1 amide bonds. The Morgan fingerprint density at radius 3 is 3.00 bits per heavy atom. The topological polar surface area (TPSA) is 73.2 Å². The number of aromatic nitrogens is 2. The van der Waals surface area contributed by atoms with Gasteiger partial charge in [-0.05, 0) is 37.3 Å². The average molecular weight is 341 g/mol. The molecule has 3 heterocycles. The Hall–Kier alpha value is -2.63. The minimum absolute atomic E-state index is 0.0966. The fraction of sp³-hybridized carbons (Fsp3) is 0.421. The monoisotopic (exact) mass is 341 g/mol. The summed E-state index contributed by atoms with van der Waals surface area (Å²) in [5.74, 6) is 0.170. The van der Waals surface area contributed by atoms with Gasteiger partial charge in [0.2, 0.25) is 0 Å². The van der Waals surface area contributed by atoms with Crippen molar-refractivity contribution in [3.05, 3.63) is 57.8 Å². The molecule has 0 radical (unpaired) electrons. The molecule has 6 nitrogen and oxygen atoms in total. The van der Waals surface area contributed by atoms with Crippen molar-refractivity contribution in [3.8, 4) is 5.75 Å². The van der Waals surface area contributed by atoms with Crippen LogP contribution >= 0.6 is 0 Å². The molecule has 3 rings (SSSR count). The fourth-order valence-electron chi connectivity index (χ4n) is 3.28. The number of nitrogens with one attached hydrogen (secondary N) is 1. The Morgan fingerprint density at radius 2 is 2.24 bits per heavy atom. The lowest BCUT2D eigenvalue weighted by atomic mass is 10.1. The molecule has 0 fully saturated rings. The molecule has 1 aliphatic heterocycles. The first-order valence-electron chi connectivity index (χ1n) is 8.68. The zero-order valence-corrected chi connectivity index (χ0v) is 14.5. The number of amides is 1. The van der Waals surface area contributed by atoms with Crippen molar-refractivity contribution >= 4 is 5.91 Å². The molecule has 1 aliphatic rings. The number of hydrogen-bond acceptors (Lipinski definition) is 4. The van der Waals surface area contributed by atoms with Gasteiger partial charge < -0.3 is 14.6 Å². The summed E-state index contributed by atoms with van der Waals surface area (Å²) in [4.78, 5) is 29.2. The van der Waals surface area contributed by atoms with Crippen molar-refractivity contribution in [1.29, 1.82) is 0 Å². The Morgan fingerprint density at radius 1 is 1.36 bits per heavy atom. The molecule has 0 aliphatic carbocycles. The summed E-state index contributed by atoms with van der Waals surface area (Å²) in [5.41, 5.74) is 2.26. The van der Waals surface area contributed by atoms with Gasteiger partial charge in [0.25, 0.3) is 11.5 Å². The zero-order chi connectivity index (χ0) is 17.6. The molecule has 0 atom stereocenters. The highest BCUT2D eigenvalue weighted by molar-refractivity contribution is 5.98. The third kappa shape index (κ3) is 3.90. The SMILES string of the molecule is COc1cc(=O)n2c(c1C(=O)NCCc1cccnc1)CCCCC2. The lowest BCUT2D eigenvalue weighted by Gasteiger charge is -2.17. The van der Waals surface area contributed by atoms with E-state index in [0.29, 0.717) is 30.8 Å². The number of carbonyl (C=O) groups excluding carboxylic acids is 1. The van der Waals surface area contributed by atoms with Crippen LogP contribution in [0.5, 0.6) is 5.75 Å². The van der Waals surface area contributed by atoms with E-state index >= 15 is 0 Å². The van der Waals surface area contributed by atoms with E-state index in [4.69, 9.17) is 4.74 Å². The highest BCUT2D eigenvalue weighted by Gasteiger charge is 2.23. The number of methoxy groups -OCH3 is 1. The third-order valence-electron chi connectivity index (χ3n) is 4.55. The summed E-state index contributed by atoms with van der Waals surface area (Å²) in [6.45, 7) is 1.17. The molecule has 25 heavy (non-hydrogen) atoms. The van der Waals surface area contributed by atoms with Crippen LogP contribution in [0.15, 0.2) is 35.4 Å². The van der Waals surface area contributed by atoms with Gasteiger partial charge in [-0.3, -0.25) is 14.6 Å². The van der Waals surface area contributed by atoms with Gasteiger partial charge in [-0.25, -0.2) is 0 Å². The van der Waals surface area contributed by atoms with Gasteiger partial charge in [0, 0.05) is 37.2 Å². The molecule has 0 bridgehead atoms. The first-order valence-corrected chi connectivity index (χ1v) is 8.68. The van der Waals surface area contributed by atoms with Gasteiger partial charge in [-0.15, -0.1) is 0 Å². The van der Waals surface area contributed by atoms with E-state index in [9.17, 15) is 9.59 Å². The smallest absolute Gasteiger partial charge is 0.256 e. The third-order valence-corrected chi connectivity index (χ3v) is 4.55. The lowest BCUT2D eigenvalue weighted by Crippen LogP contribution is -2.31. The van der Waals surface area contributed by atoms with Crippen molar-refractivity contribution in [2.24, 2.45) is 0 Å². The largest absolute Gasteiger partial charge is 0.496 e. The standard InChI is InChI=1S/C19H23N3O3/c1-25-16-12-17(23)22-11-4-2-3-7-15(22)18(16)19(24)21-10-8-14-6-5-9-20-13-14/h5-6,9,12-13H,2-4,7-8,10-11H2,1H3,(H,21,24). The molecule has 0 spiro atoms. The van der Waals surface area contributed by atoms with Crippen LogP contribution in [0.25, 0.3) is 0 Å². The van der Waals surface area contributed by atoms with Gasteiger partial charge in [0.1, 0.15) is 11.3 Å². The molecule has 0 saturated heterocycles. The summed E-state index contributed by atoms with van der Waals surface area (Å²) in [5, 5.41) is 2.95. The van der Waals surface area contributed by atoms with Crippen LogP contribution in [0.1, 0.15) is 40.9 Å². The van der Waals surface area contributed by atoms with E-state index in [1.54, 1.807) is 17.0 Å². The Bertz CT molecular complexity index is 800. The van der Waals surface area contributed by atoms with E-state index in [1.807, 2.05) is 12.1 Å². The van der Waals surface area contributed by atoms with Gasteiger partial charge in [0.15, 0.2) is 0 Å². The van der Waals surface area contributed by atoms with Crippen LogP contribution in [-0.2, 0) is 19.4 Å². The number of pyridine rings is 2. The van der Waals surface area contributed by atoms with Crippen molar-refractivity contribution in [3.63, 3.8) is 0 Å². The first-order chi connectivity index (χ1) is 12.2. The summed E-state index contributed by atoms with van der Waals surface area (Å²) < 4.78 is 7.06. The zero-order valence-electron chi connectivity index (χ0n) is 14.5. The number of ether oxygens (including phenoxy) is 1. The van der Waals surface area contributed by atoms with Gasteiger partial charge >= 0.3 is 0 Å². The van der Waals surface area contributed by atoms with Crippen molar-refractivity contribution in [1.82, 2.24) is 14.9 Å². The second-order valence-electron chi connectivity index (χ2n) is 6.20.